The van der Waals surface area contributed by atoms with Crippen molar-refractivity contribution in [3.63, 3.8) is 0 Å². The second-order valence-corrected chi connectivity index (χ2v) is 5.95. The van der Waals surface area contributed by atoms with Crippen LogP contribution in [0.1, 0.15) is 60.1 Å². The Bertz CT molecular complexity index is 468. The summed E-state index contributed by atoms with van der Waals surface area (Å²) in [5.41, 5.74) is 1.20. The van der Waals surface area contributed by atoms with Crippen molar-refractivity contribution >= 4 is 23.2 Å². The Morgan fingerprint density at radius 1 is 1.30 bits per heavy atom. The first-order valence-electron chi connectivity index (χ1n) is 7.18. The molecule has 0 fully saturated rings. The van der Waals surface area contributed by atoms with Crippen LogP contribution in [0.15, 0.2) is 6.07 Å². The Morgan fingerprint density at radius 3 is 2.50 bits per heavy atom. The van der Waals surface area contributed by atoms with Gasteiger partial charge in [-0.05, 0) is 30.9 Å². The van der Waals surface area contributed by atoms with Crippen LogP contribution in [0.4, 0.5) is 0 Å². The van der Waals surface area contributed by atoms with Crippen LogP contribution < -0.4 is 5.32 Å². The zero-order valence-corrected chi connectivity index (χ0v) is 13.2. The lowest BCUT2D eigenvalue weighted by atomic mass is 10.1. The van der Waals surface area contributed by atoms with Crippen molar-refractivity contribution in [2.45, 2.75) is 58.9 Å². The number of aliphatic carboxylic acids is 1. The predicted octanol–water partition coefficient (Wildman–Crippen LogP) is 3.25. The molecule has 0 bridgehead atoms. The highest BCUT2D eigenvalue weighted by atomic mass is 32.1. The quantitative estimate of drug-likeness (QED) is 0.774. The van der Waals surface area contributed by atoms with Crippen molar-refractivity contribution in [1.29, 1.82) is 0 Å². The second-order valence-electron chi connectivity index (χ2n) is 4.82. The Balaban J connectivity index is 2.83. The van der Waals surface area contributed by atoms with Crippen LogP contribution in [0.5, 0.6) is 0 Å². The molecule has 20 heavy (non-hydrogen) atoms. The summed E-state index contributed by atoms with van der Waals surface area (Å²) < 4.78 is 0. The molecule has 0 aliphatic carbocycles. The number of hydrogen-bond acceptors (Lipinski definition) is 3. The van der Waals surface area contributed by atoms with E-state index in [4.69, 9.17) is 5.11 Å². The van der Waals surface area contributed by atoms with Gasteiger partial charge in [-0.25, -0.2) is 4.79 Å². The topological polar surface area (TPSA) is 66.4 Å². The molecule has 0 saturated heterocycles. The third-order valence-electron chi connectivity index (χ3n) is 3.16. The molecule has 4 nitrogen and oxygen atoms in total. The fourth-order valence-corrected chi connectivity index (χ4v) is 3.35. The van der Waals surface area contributed by atoms with Crippen LogP contribution in [0.25, 0.3) is 0 Å². The predicted molar refractivity (Wildman–Crippen MR) is 81.5 cm³/mol. The SMILES string of the molecule is CCCc1sc(C(=O)N[C@@H](CCC)C(=O)O)cc1CC. The van der Waals surface area contributed by atoms with Gasteiger partial charge in [-0.15, -0.1) is 11.3 Å². The molecule has 1 aromatic rings. The lowest BCUT2D eigenvalue weighted by molar-refractivity contribution is -0.139. The normalized spacial score (nSPS) is 12.2. The van der Waals surface area contributed by atoms with Crippen molar-refractivity contribution in [3.05, 3.63) is 21.4 Å². The van der Waals surface area contributed by atoms with Gasteiger partial charge in [0.05, 0.1) is 4.88 Å². The molecule has 0 spiro atoms. The highest BCUT2D eigenvalue weighted by Crippen LogP contribution is 2.24. The number of amides is 1. The van der Waals surface area contributed by atoms with Crippen molar-refractivity contribution in [2.75, 3.05) is 0 Å². The molecule has 1 aromatic heterocycles. The summed E-state index contributed by atoms with van der Waals surface area (Å²) in [7, 11) is 0. The summed E-state index contributed by atoms with van der Waals surface area (Å²) in [6, 6.07) is 1.10. The number of hydrogen-bond donors (Lipinski definition) is 2. The average molecular weight is 297 g/mol. The zero-order chi connectivity index (χ0) is 15.1. The van der Waals surface area contributed by atoms with Crippen molar-refractivity contribution in [3.8, 4) is 0 Å². The second kappa shape index (κ2) is 8.04. The highest BCUT2D eigenvalue weighted by Gasteiger charge is 2.21. The largest absolute Gasteiger partial charge is 0.480 e. The van der Waals surface area contributed by atoms with E-state index in [1.807, 2.05) is 13.0 Å². The van der Waals surface area contributed by atoms with Crippen LogP contribution in [-0.4, -0.2) is 23.0 Å². The van der Waals surface area contributed by atoms with Gasteiger partial charge in [0, 0.05) is 4.88 Å². The Labute approximate surface area is 124 Å². The summed E-state index contributed by atoms with van der Waals surface area (Å²) in [4.78, 5) is 25.1. The van der Waals surface area contributed by atoms with E-state index in [0.29, 0.717) is 11.3 Å². The first kappa shape index (κ1) is 16.7. The van der Waals surface area contributed by atoms with Crippen LogP contribution in [0.3, 0.4) is 0 Å². The average Bonchev–Trinajstić information content (AvgIpc) is 2.81. The van der Waals surface area contributed by atoms with Gasteiger partial charge in [0.1, 0.15) is 6.04 Å². The molecule has 2 N–H and O–H groups in total. The maximum absolute atomic E-state index is 12.2. The molecule has 1 rings (SSSR count). The molecule has 0 saturated carbocycles. The van der Waals surface area contributed by atoms with Gasteiger partial charge in [0.2, 0.25) is 0 Å². The van der Waals surface area contributed by atoms with Gasteiger partial charge >= 0.3 is 5.97 Å². The fraction of sp³-hybridized carbons (Fsp3) is 0.600. The molecule has 0 aliphatic rings. The molecular formula is C15H23NO3S. The van der Waals surface area contributed by atoms with Gasteiger partial charge in [-0.2, -0.15) is 0 Å². The number of nitrogens with one attached hydrogen (secondary N) is 1. The van der Waals surface area contributed by atoms with Crippen LogP contribution in [-0.2, 0) is 17.6 Å². The Hall–Kier alpha value is -1.36. The maximum Gasteiger partial charge on any atom is 0.326 e. The summed E-state index contributed by atoms with van der Waals surface area (Å²) in [6.45, 7) is 6.09. The van der Waals surface area contributed by atoms with E-state index >= 15 is 0 Å². The summed E-state index contributed by atoms with van der Waals surface area (Å²) >= 11 is 1.48. The van der Waals surface area contributed by atoms with Crippen molar-refractivity contribution < 1.29 is 14.7 Å². The highest BCUT2D eigenvalue weighted by molar-refractivity contribution is 7.14. The molecule has 5 heteroatoms. The fourth-order valence-electron chi connectivity index (χ4n) is 2.09. The van der Waals surface area contributed by atoms with Gasteiger partial charge in [-0.1, -0.05) is 33.6 Å². The summed E-state index contributed by atoms with van der Waals surface area (Å²) in [5.74, 6) is -1.24. The Kier molecular flexibility index (Phi) is 6.71. The number of carboxylic acids is 1. The van der Waals surface area contributed by atoms with Crippen LogP contribution in [0.2, 0.25) is 0 Å². The van der Waals surface area contributed by atoms with E-state index in [0.717, 1.165) is 25.7 Å². The molecule has 1 heterocycles. The number of aryl methyl sites for hydroxylation is 2. The summed E-state index contributed by atoms with van der Waals surface area (Å²) in [5, 5.41) is 11.7. The van der Waals surface area contributed by atoms with E-state index in [1.165, 1.54) is 21.8 Å². The molecule has 1 amide bonds. The molecule has 0 radical (unpaired) electrons. The molecule has 112 valence electrons. The lowest BCUT2D eigenvalue weighted by Crippen LogP contribution is -2.40. The lowest BCUT2D eigenvalue weighted by Gasteiger charge is -2.12. The minimum absolute atomic E-state index is 0.270. The molecular weight excluding hydrogens is 274 g/mol. The third kappa shape index (κ3) is 4.34. The monoisotopic (exact) mass is 297 g/mol. The molecule has 0 unspecified atom stereocenters. The van der Waals surface area contributed by atoms with E-state index in [2.05, 4.69) is 19.2 Å². The van der Waals surface area contributed by atoms with Crippen molar-refractivity contribution in [2.24, 2.45) is 0 Å². The van der Waals surface area contributed by atoms with E-state index < -0.39 is 12.0 Å². The number of carboxylic acid groups (broad SMARTS) is 1. The third-order valence-corrected chi connectivity index (χ3v) is 4.40. The van der Waals surface area contributed by atoms with Gasteiger partial charge < -0.3 is 10.4 Å². The first-order valence-corrected chi connectivity index (χ1v) is 8.00. The first-order chi connectivity index (χ1) is 9.53. The molecule has 0 aromatic carbocycles. The number of rotatable bonds is 8. The number of carbonyl (C=O) groups is 2. The zero-order valence-electron chi connectivity index (χ0n) is 12.4. The Morgan fingerprint density at radius 2 is 2.00 bits per heavy atom. The van der Waals surface area contributed by atoms with E-state index in [1.54, 1.807) is 0 Å². The number of thiophene rings is 1. The van der Waals surface area contributed by atoms with Crippen LogP contribution in [0, 0.1) is 0 Å². The number of carbonyl (C=O) groups excluding carboxylic acids is 1. The maximum atomic E-state index is 12.2. The minimum Gasteiger partial charge on any atom is -0.480 e. The minimum atomic E-state index is -0.971. The van der Waals surface area contributed by atoms with E-state index in [9.17, 15) is 9.59 Å². The van der Waals surface area contributed by atoms with Gasteiger partial charge in [-0.3, -0.25) is 4.79 Å². The van der Waals surface area contributed by atoms with Crippen LogP contribution >= 0.6 is 11.3 Å². The standard InChI is InChI=1S/C15H23NO3S/c1-4-7-11(15(18)19)16-14(17)13-9-10(6-3)12(20-13)8-5-2/h9,11H,4-8H2,1-3H3,(H,16,17)(H,18,19)/t11-/m0/s1. The van der Waals surface area contributed by atoms with E-state index in [-0.39, 0.29) is 5.91 Å². The summed E-state index contributed by atoms with van der Waals surface area (Å²) in [6.07, 6.45) is 4.09. The smallest absolute Gasteiger partial charge is 0.326 e. The van der Waals surface area contributed by atoms with Crippen molar-refractivity contribution in [1.82, 2.24) is 5.32 Å². The molecule has 0 aliphatic heterocycles. The van der Waals surface area contributed by atoms with Gasteiger partial charge in [0.15, 0.2) is 0 Å². The van der Waals surface area contributed by atoms with Gasteiger partial charge in [0.25, 0.3) is 5.91 Å². The molecule has 1 atom stereocenters.